The van der Waals surface area contributed by atoms with Crippen LogP contribution in [0.4, 0.5) is 0 Å². The van der Waals surface area contributed by atoms with Crippen molar-refractivity contribution in [3.05, 3.63) is 76.9 Å². The van der Waals surface area contributed by atoms with E-state index in [9.17, 15) is 23.1 Å². The number of carboxylic acids is 2. The van der Waals surface area contributed by atoms with Crippen LogP contribution in [0.15, 0.2) is 58.7 Å². The van der Waals surface area contributed by atoms with Crippen LogP contribution in [0.1, 0.15) is 45.5 Å². The van der Waals surface area contributed by atoms with E-state index in [1.54, 1.807) is 48.8 Å². The summed E-state index contributed by atoms with van der Waals surface area (Å²) < 4.78 is 44.4. The van der Waals surface area contributed by atoms with Gasteiger partial charge >= 0.3 is 17.8 Å². The minimum atomic E-state index is -4.13. The number of fused-ring (bicyclic) bond motifs is 1. The van der Waals surface area contributed by atoms with Crippen LogP contribution in [-0.4, -0.2) is 40.9 Å². The zero-order valence-electron chi connectivity index (χ0n) is 19.0. The van der Waals surface area contributed by atoms with Crippen molar-refractivity contribution in [2.75, 3.05) is 5.75 Å². The summed E-state index contributed by atoms with van der Waals surface area (Å²) in [5.74, 6) is -1.43. The first-order valence-electron chi connectivity index (χ1n) is 10.5. The van der Waals surface area contributed by atoms with Gasteiger partial charge in [0, 0.05) is 18.6 Å². The third-order valence-electron chi connectivity index (χ3n) is 5.04. The molecule has 1 aromatic heterocycles. The number of nitrogens with zero attached hydrogens (tertiary/aromatic N) is 1. The maximum atomic E-state index is 11.3. The summed E-state index contributed by atoms with van der Waals surface area (Å²) in [4.78, 5) is 22.5. The molecule has 0 atom stereocenters. The number of benzene rings is 2. The molecule has 2 aromatic carbocycles. The molecule has 35 heavy (non-hydrogen) atoms. The molecule has 10 nitrogen and oxygen atoms in total. The maximum absolute atomic E-state index is 11.3. The molecule has 0 unspecified atom stereocenters. The molecular weight excluding hydrogens is 478 g/mol. The number of aromatic nitrogens is 1. The fraction of sp³-hybridized carbons (Fsp3) is 0.208. The number of allylic oxidation sites excluding steroid dienone is 3. The highest BCUT2D eigenvalue weighted by molar-refractivity contribution is 7.85. The van der Waals surface area contributed by atoms with Gasteiger partial charge in [-0.15, -0.1) is 0 Å². The molecule has 0 saturated heterocycles. The Kier molecular flexibility index (Phi) is 7.72. The van der Waals surface area contributed by atoms with Crippen LogP contribution < -0.4 is 9.30 Å². The topological polar surface area (TPSA) is 155 Å². The monoisotopic (exact) mass is 502 g/mol. The van der Waals surface area contributed by atoms with Gasteiger partial charge in [0.25, 0.3) is 15.6 Å². The molecule has 3 rings (SSSR count). The molecule has 0 spiro atoms. The van der Waals surface area contributed by atoms with E-state index in [1.807, 2.05) is 0 Å². The van der Waals surface area contributed by atoms with E-state index < -0.39 is 27.8 Å². The predicted molar refractivity (Wildman–Crippen MR) is 126 cm³/mol. The summed E-state index contributed by atoms with van der Waals surface area (Å²) in [7, 11) is -4.13. The number of aromatic carboxylic acids is 2. The van der Waals surface area contributed by atoms with E-state index in [2.05, 4.69) is 0 Å². The van der Waals surface area contributed by atoms with Crippen LogP contribution >= 0.6 is 0 Å². The van der Waals surface area contributed by atoms with Crippen LogP contribution in [0.2, 0.25) is 0 Å². The Morgan fingerprint density at radius 2 is 1.74 bits per heavy atom. The van der Waals surface area contributed by atoms with E-state index in [4.69, 9.17) is 18.8 Å². The number of carboxylic acid groups (broad SMARTS) is 2. The van der Waals surface area contributed by atoms with Crippen molar-refractivity contribution in [2.24, 2.45) is 0 Å². The predicted octanol–water partition coefficient (Wildman–Crippen LogP) is 3.70. The molecule has 184 valence electrons. The van der Waals surface area contributed by atoms with Crippen LogP contribution in [0, 0.1) is 6.92 Å². The van der Waals surface area contributed by atoms with Crippen molar-refractivity contribution in [2.45, 2.75) is 26.8 Å². The number of ether oxygens (including phenoxy) is 1. The average molecular weight is 503 g/mol. The van der Waals surface area contributed by atoms with Crippen molar-refractivity contribution in [3.63, 3.8) is 0 Å². The van der Waals surface area contributed by atoms with E-state index >= 15 is 0 Å². The first-order chi connectivity index (χ1) is 16.4. The van der Waals surface area contributed by atoms with Crippen molar-refractivity contribution >= 4 is 39.2 Å². The van der Waals surface area contributed by atoms with Crippen molar-refractivity contribution in [1.29, 1.82) is 0 Å². The Balaban J connectivity index is 1.88. The molecule has 1 heterocycles. The lowest BCUT2D eigenvalue weighted by atomic mass is 10.1. The Hall–Kier alpha value is -3.96. The molecule has 0 amide bonds. The van der Waals surface area contributed by atoms with Crippen LogP contribution in [0.25, 0.3) is 17.2 Å². The summed E-state index contributed by atoms with van der Waals surface area (Å²) in [6.45, 7) is 3.67. The second-order valence-corrected chi connectivity index (χ2v) is 9.32. The maximum Gasteiger partial charge on any atom is 0.374 e. The lowest BCUT2D eigenvalue weighted by Crippen LogP contribution is -2.36. The Labute approximate surface area is 201 Å². The summed E-state index contributed by atoms with van der Waals surface area (Å²) in [5, 5.41) is 18.4. The van der Waals surface area contributed by atoms with E-state index in [0.29, 0.717) is 28.5 Å². The van der Waals surface area contributed by atoms with Crippen molar-refractivity contribution in [3.8, 4) is 5.75 Å². The quantitative estimate of drug-likeness (QED) is 0.163. The second-order valence-electron chi connectivity index (χ2n) is 7.74. The number of oxazole rings is 1. The normalized spacial score (nSPS) is 12.4. The van der Waals surface area contributed by atoms with Gasteiger partial charge in [0.1, 0.15) is 11.5 Å². The average Bonchev–Trinajstić information content (AvgIpc) is 3.10. The first kappa shape index (κ1) is 25.7. The number of hydrogen-bond donors (Lipinski definition) is 3. The number of carbonyl (C=O) groups is 2. The zero-order chi connectivity index (χ0) is 25.8. The third kappa shape index (κ3) is 6.78. The molecule has 11 heteroatoms. The molecule has 0 fully saturated rings. The van der Waals surface area contributed by atoms with Gasteiger partial charge in [-0.05, 0) is 49.8 Å². The van der Waals surface area contributed by atoms with Gasteiger partial charge in [-0.25, -0.2) is 9.59 Å². The number of rotatable bonds is 10. The first-order valence-corrected chi connectivity index (χ1v) is 12.1. The van der Waals surface area contributed by atoms with Crippen LogP contribution in [0.3, 0.4) is 0 Å². The summed E-state index contributed by atoms with van der Waals surface area (Å²) >= 11 is 0. The molecule has 3 N–H and O–H groups in total. The highest BCUT2D eigenvalue weighted by atomic mass is 32.2. The minimum Gasteiger partial charge on any atom is -0.478 e. The largest absolute Gasteiger partial charge is 0.478 e. The van der Waals surface area contributed by atoms with Crippen LogP contribution in [0.5, 0.6) is 5.75 Å². The van der Waals surface area contributed by atoms with Crippen molar-refractivity contribution < 1.29 is 46.5 Å². The van der Waals surface area contributed by atoms with Crippen LogP contribution in [-0.2, 0) is 16.7 Å². The zero-order valence-corrected chi connectivity index (χ0v) is 19.8. The van der Waals surface area contributed by atoms with Gasteiger partial charge in [0.05, 0.1) is 23.0 Å². The molecule has 0 bridgehead atoms. The van der Waals surface area contributed by atoms with E-state index in [0.717, 1.165) is 5.56 Å². The highest BCUT2D eigenvalue weighted by Gasteiger charge is 2.22. The van der Waals surface area contributed by atoms with Crippen molar-refractivity contribution in [1.82, 2.24) is 0 Å². The van der Waals surface area contributed by atoms with Gasteiger partial charge in [0.2, 0.25) is 5.58 Å². The lowest BCUT2D eigenvalue weighted by molar-refractivity contribution is -0.677. The fourth-order valence-corrected chi connectivity index (χ4v) is 3.81. The molecular formula is C24H24NO9S+. The molecule has 0 saturated carbocycles. The fourth-order valence-electron chi connectivity index (χ4n) is 3.31. The molecule has 0 radical (unpaired) electrons. The molecule has 0 aliphatic rings. The Morgan fingerprint density at radius 3 is 2.40 bits per heavy atom. The van der Waals surface area contributed by atoms with E-state index in [-0.39, 0.29) is 24.1 Å². The minimum absolute atomic E-state index is 0.0370. The number of aryl methyl sites for hydroxylation is 2. The molecule has 0 aliphatic heterocycles. The summed E-state index contributed by atoms with van der Waals surface area (Å²) in [5.41, 5.74) is 1.75. The highest BCUT2D eigenvalue weighted by Crippen LogP contribution is 2.22. The Morgan fingerprint density at radius 1 is 1.09 bits per heavy atom. The summed E-state index contributed by atoms with van der Waals surface area (Å²) in [6.07, 6.45) is 4.96. The summed E-state index contributed by atoms with van der Waals surface area (Å²) in [6, 6.07) is 8.92. The van der Waals surface area contributed by atoms with Gasteiger partial charge in [-0.2, -0.15) is 13.0 Å². The SMILES string of the molecule is C/C(=C/C=C/c1oc2cc(C(=O)O)ccc2[n+]1CCCS(=O)(=O)O)Oc1cc(C(=O)O)ccc1C. The number of hydrogen-bond acceptors (Lipinski definition) is 6. The third-order valence-corrected chi connectivity index (χ3v) is 5.84. The Bertz CT molecular complexity index is 1450. The lowest BCUT2D eigenvalue weighted by Gasteiger charge is -2.09. The molecule has 3 aromatic rings. The van der Waals surface area contributed by atoms with E-state index in [1.165, 1.54) is 24.3 Å². The van der Waals surface area contributed by atoms with Gasteiger partial charge in [0.15, 0.2) is 6.54 Å². The van der Waals surface area contributed by atoms with Gasteiger partial charge in [-0.3, -0.25) is 4.55 Å². The smallest absolute Gasteiger partial charge is 0.374 e. The van der Waals surface area contributed by atoms with Gasteiger partial charge in [-0.1, -0.05) is 6.07 Å². The standard InChI is InChI=1S/C24H23NO9S/c1-15-7-8-17(23(26)27)13-20(15)33-16(2)5-3-6-22-25(11-4-12-35(30,31)32)19-10-9-18(24(28)29)14-21(19)34-22/h3,5-10,13-14H,4,11-12H2,1-2H3,(H2-,26,27,28,29,30,31,32)/p+1/b6-3+,16-5-. The van der Waals surface area contributed by atoms with Gasteiger partial charge < -0.3 is 19.4 Å². The second kappa shape index (κ2) is 10.5. The molecule has 0 aliphatic carbocycles.